The van der Waals surface area contributed by atoms with E-state index in [0.29, 0.717) is 5.92 Å². The summed E-state index contributed by atoms with van der Waals surface area (Å²) in [5.74, 6) is 1.52. The van der Waals surface area contributed by atoms with Gasteiger partial charge in [0.25, 0.3) is 0 Å². The Morgan fingerprint density at radius 2 is 2.25 bits per heavy atom. The van der Waals surface area contributed by atoms with Crippen LogP contribution in [0.2, 0.25) is 0 Å². The average molecular weight is 168 g/mol. The van der Waals surface area contributed by atoms with Gasteiger partial charge in [-0.1, -0.05) is 6.92 Å². The Morgan fingerprint density at radius 3 is 2.67 bits per heavy atom. The topological polar surface area (TPSA) is 26.3 Å². The van der Waals surface area contributed by atoms with Crippen LogP contribution in [-0.2, 0) is 9.53 Å². The van der Waals surface area contributed by atoms with Gasteiger partial charge in [0.2, 0.25) is 0 Å². The molecule has 0 aromatic rings. The summed E-state index contributed by atoms with van der Waals surface area (Å²) in [6.07, 6.45) is 4.08. The molecule has 0 radical (unpaired) electrons. The van der Waals surface area contributed by atoms with Crippen LogP contribution in [0, 0.1) is 11.8 Å². The molecule has 1 saturated carbocycles. The molecule has 12 heavy (non-hydrogen) atoms. The maximum atomic E-state index is 10.5. The van der Waals surface area contributed by atoms with Crippen LogP contribution in [0.4, 0.5) is 0 Å². The highest BCUT2D eigenvalue weighted by atomic mass is 16.5. The summed E-state index contributed by atoms with van der Waals surface area (Å²) in [7, 11) is 0. The largest absolute Gasteiger partial charge is 0.364 e. The fraction of sp³-hybridized carbons (Fsp3) is 0.900. The van der Waals surface area contributed by atoms with E-state index >= 15 is 0 Å². The highest BCUT2D eigenvalue weighted by molar-refractivity contribution is 5.56. The zero-order valence-corrected chi connectivity index (χ0v) is 7.75. The fourth-order valence-corrected chi connectivity index (χ4v) is 2.43. The zero-order valence-electron chi connectivity index (χ0n) is 7.75. The predicted octanol–water partition coefficient (Wildman–Crippen LogP) is 1.78. The van der Waals surface area contributed by atoms with Crippen molar-refractivity contribution in [3.05, 3.63) is 0 Å². The maximum absolute atomic E-state index is 10.5. The van der Waals surface area contributed by atoms with Gasteiger partial charge in [-0.3, -0.25) is 0 Å². The van der Waals surface area contributed by atoms with Crippen LogP contribution in [-0.4, -0.2) is 18.0 Å². The number of carbonyl (C=O) groups is 1. The van der Waals surface area contributed by atoms with Crippen LogP contribution in [0.5, 0.6) is 0 Å². The van der Waals surface area contributed by atoms with Crippen molar-refractivity contribution in [2.75, 3.05) is 0 Å². The Labute approximate surface area is 73.3 Å². The first-order valence-electron chi connectivity index (χ1n) is 4.79. The van der Waals surface area contributed by atoms with Crippen molar-refractivity contribution in [1.82, 2.24) is 0 Å². The quantitative estimate of drug-likeness (QED) is 0.587. The number of rotatable bonds is 2. The molecule has 2 aliphatic rings. The molecule has 68 valence electrons. The number of carbonyl (C=O) groups excluding carboxylic acids is 1. The first-order chi connectivity index (χ1) is 5.65. The second-order valence-electron chi connectivity index (χ2n) is 4.46. The second kappa shape index (κ2) is 2.56. The standard InChI is InChI=1S/C10H16O2/c1-7-5-9(7)10(2)4-3-8(6-11)12-10/h6-9H,3-5H2,1-2H3. The maximum Gasteiger partial charge on any atom is 0.148 e. The SMILES string of the molecule is CC1CC1C1(C)CCC(C=O)O1. The van der Waals surface area contributed by atoms with E-state index in [1.807, 2.05) is 0 Å². The summed E-state index contributed by atoms with van der Waals surface area (Å²) < 4.78 is 5.72. The third-order valence-corrected chi connectivity index (χ3v) is 3.39. The molecule has 2 heteroatoms. The molecule has 0 spiro atoms. The van der Waals surface area contributed by atoms with Crippen molar-refractivity contribution in [2.45, 2.75) is 44.8 Å². The lowest BCUT2D eigenvalue weighted by Gasteiger charge is -2.23. The van der Waals surface area contributed by atoms with Gasteiger partial charge in [-0.2, -0.15) is 0 Å². The molecule has 2 fully saturated rings. The molecule has 0 aromatic carbocycles. The molecule has 4 atom stereocenters. The summed E-state index contributed by atoms with van der Waals surface area (Å²) >= 11 is 0. The van der Waals surface area contributed by atoms with Crippen LogP contribution in [0.1, 0.15) is 33.1 Å². The Hall–Kier alpha value is -0.370. The van der Waals surface area contributed by atoms with Gasteiger partial charge in [-0.15, -0.1) is 0 Å². The molecule has 0 bridgehead atoms. The predicted molar refractivity (Wildman–Crippen MR) is 45.8 cm³/mol. The number of hydrogen-bond acceptors (Lipinski definition) is 2. The molecule has 2 nitrogen and oxygen atoms in total. The molecule has 1 heterocycles. The van der Waals surface area contributed by atoms with E-state index in [9.17, 15) is 4.79 Å². The monoisotopic (exact) mass is 168 g/mol. The number of hydrogen-bond donors (Lipinski definition) is 0. The van der Waals surface area contributed by atoms with Crippen molar-refractivity contribution < 1.29 is 9.53 Å². The third kappa shape index (κ3) is 1.18. The molecule has 1 saturated heterocycles. The van der Waals surface area contributed by atoms with Gasteiger partial charge in [0.05, 0.1) is 5.60 Å². The molecule has 1 aliphatic carbocycles. The lowest BCUT2D eigenvalue weighted by molar-refractivity contribution is -0.123. The van der Waals surface area contributed by atoms with Crippen molar-refractivity contribution in [3.63, 3.8) is 0 Å². The van der Waals surface area contributed by atoms with E-state index < -0.39 is 0 Å². The van der Waals surface area contributed by atoms with Gasteiger partial charge in [0, 0.05) is 0 Å². The van der Waals surface area contributed by atoms with Crippen LogP contribution in [0.3, 0.4) is 0 Å². The average Bonchev–Trinajstić information content (AvgIpc) is 2.64. The second-order valence-corrected chi connectivity index (χ2v) is 4.46. The summed E-state index contributed by atoms with van der Waals surface area (Å²) in [4.78, 5) is 10.5. The Balaban J connectivity index is 2.00. The summed E-state index contributed by atoms with van der Waals surface area (Å²) in [6.45, 7) is 4.41. The molecule has 0 aromatic heterocycles. The highest BCUT2D eigenvalue weighted by Gasteiger charge is 2.51. The lowest BCUT2D eigenvalue weighted by atomic mass is 9.95. The summed E-state index contributed by atoms with van der Waals surface area (Å²) in [5.41, 5.74) is 0.0188. The van der Waals surface area contributed by atoms with E-state index in [2.05, 4.69) is 13.8 Å². The van der Waals surface area contributed by atoms with Crippen molar-refractivity contribution >= 4 is 6.29 Å². The lowest BCUT2D eigenvalue weighted by Crippen LogP contribution is -2.28. The summed E-state index contributed by atoms with van der Waals surface area (Å²) in [6, 6.07) is 0. The van der Waals surface area contributed by atoms with Crippen LogP contribution in [0.25, 0.3) is 0 Å². The number of ether oxygens (including phenoxy) is 1. The van der Waals surface area contributed by atoms with E-state index in [1.165, 1.54) is 6.42 Å². The van der Waals surface area contributed by atoms with Crippen LogP contribution >= 0.6 is 0 Å². The Kier molecular flexibility index (Phi) is 1.76. The van der Waals surface area contributed by atoms with E-state index in [1.54, 1.807) is 0 Å². The minimum absolute atomic E-state index is 0.0188. The molecule has 0 N–H and O–H groups in total. The van der Waals surface area contributed by atoms with Gasteiger partial charge < -0.3 is 9.53 Å². The Morgan fingerprint density at radius 1 is 1.58 bits per heavy atom. The Bertz CT molecular complexity index is 202. The number of aldehydes is 1. The van der Waals surface area contributed by atoms with Gasteiger partial charge >= 0.3 is 0 Å². The molecular formula is C10H16O2. The van der Waals surface area contributed by atoms with E-state index in [0.717, 1.165) is 25.0 Å². The minimum Gasteiger partial charge on any atom is -0.364 e. The van der Waals surface area contributed by atoms with E-state index in [4.69, 9.17) is 4.74 Å². The minimum atomic E-state index is -0.122. The molecule has 4 unspecified atom stereocenters. The van der Waals surface area contributed by atoms with Gasteiger partial charge in [0.15, 0.2) is 0 Å². The van der Waals surface area contributed by atoms with Crippen molar-refractivity contribution in [2.24, 2.45) is 11.8 Å². The zero-order chi connectivity index (χ0) is 8.77. The van der Waals surface area contributed by atoms with Gasteiger partial charge in [-0.05, 0) is 38.0 Å². The van der Waals surface area contributed by atoms with Crippen LogP contribution < -0.4 is 0 Å². The molecular weight excluding hydrogens is 152 g/mol. The van der Waals surface area contributed by atoms with Gasteiger partial charge in [0.1, 0.15) is 12.4 Å². The highest BCUT2D eigenvalue weighted by Crippen LogP contribution is 2.52. The third-order valence-electron chi connectivity index (χ3n) is 3.39. The summed E-state index contributed by atoms with van der Waals surface area (Å²) in [5, 5.41) is 0. The fourth-order valence-electron chi connectivity index (χ4n) is 2.43. The van der Waals surface area contributed by atoms with Crippen molar-refractivity contribution in [1.29, 1.82) is 0 Å². The first-order valence-corrected chi connectivity index (χ1v) is 4.79. The molecule has 1 aliphatic heterocycles. The molecule has 2 rings (SSSR count). The normalized spacial score (nSPS) is 52.3. The smallest absolute Gasteiger partial charge is 0.148 e. The van der Waals surface area contributed by atoms with Crippen molar-refractivity contribution in [3.8, 4) is 0 Å². The van der Waals surface area contributed by atoms with Gasteiger partial charge in [-0.25, -0.2) is 0 Å². The molecule has 0 amide bonds. The van der Waals surface area contributed by atoms with Crippen LogP contribution in [0.15, 0.2) is 0 Å². The first kappa shape index (κ1) is 8.24. The van der Waals surface area contributed by atoms with E-state index in [-0.39, 0.29) is 11.7 Å².